The summed E-state index contributed by atoms with van der Waals surface area (Å²) in [5.74, 6) is -0.104. The van der Waals surface area contributed by atoms with Crippen LogP contribution in [0.3, 0.4) is 0 Å². The monoisotopic (exact) mass is 292 g/mol. The highest BCUT2D eigenvalue weighted by molar-refractivity contribution is 5.25. The van der Waals surface area contributed by atoms with Gasteiger partial charge in [-0.2, -0.15) is 0 Å². The summed E-state index contributed by atoms with van der Waals surface area (Å²) in [5.41, 5.74) is 2.27. The van der Waals surface area contributed by atoms with Crippen LogP contribution in [0.4, 0.5) is 4.39 Å². The van der Waals surface area contributed by atoms with E-state index in [0.717, 1.165) is 18.5 Å². The van der Waals surface area contributed by atoms with Gasteiger partial charge in [-0.25, -0.2) is 4.39 Å². The highest BCUT2D eigenvalue weighted by Gasteiger charge is 2.25. The summed E-state index contributed by atoms with van der Waals surface area (Å²) >= 11 is 0. The van der Waals surface area contributed by atoms with Crippen molar-refractivity contribution < 1.29 is 4.39 Å². The first-order chi connectivity index (χ1) is 9.91. The molecule has 1 saturated heterocycles. The van der Waals surface area contributed by atoms with Gasteiger partial charge in [0.25, 0.3) is 0 Å². The van der Waals surface area contributed by atoms with Gasteiger partial charge in [0, 0.05) is 6.04 Å². The Morgan fingerprint density at radius 2 is 1.95 bits per heavy atom. The molecule has 2 rings (SSSR count). The van der Waals surface area contributed by atoms with Gasteiger partial charge in [0.2, 0.25) is 0 Å². The molecule has 0 radical (unpaired) electrons. The van der Waals surface area contributed by atoms with E-state index in [0.29, 0.717) is 11.0 Å². The molecule has 1 atom stereocenters. The molecule has 1 aliphatic rings. The molecule has 118 valence electrons. The van der Waals surface area contributed by atoms with Gasteiger partial charge < -0.3 is 10.2 Å². The highest BCUT2D eigenvalue weighted by Crippen LogP contribution is 2.30. The second kappa shape index (κ2) is 6.89. The number of hydrogen-bond donors (Lipinski definition) is 1. The number of hydrogen-bond acceptors (Lipinski definition) is 2. The predicted octanol–water partition coefficient (Wildman–Crippen LogP) is 3.91. The third kappa shape index (κ3) is 4.52. The number of rotatable bonds is 5. The van der Waals surface area contributed by atoms with Gasteiger partial charge in [0.1, 0.15) is 5.82 Å². The zero-order valence-electron chi connectivity index (χ0n) is 13.9. The predicted molar refractivity (Wildman–Crippen MR) is 87.0 cm³/mol. The molecule has 1 fully saturated rings. The molecule has 3 heteroatoms. The lowest BCUT2D eigenvalue weighted by molar-refractivity contribution is 0.128. The van der Waals surface area contributed by atoms with E-state index in [4.69, 9.17) is 0 Å². The maximum Gasteiger partial charge on any atom is 0.126 e. The fourth-order valence-electron chi connectivity index (χ4n) is 3.00. The van der Waals surface area contributed by atoms with E-state index in [1.165, 1.54) is 25.9 Å². The first kappa shape index (κ1) is 16.4. The van der Waals surface area contributed by atoms with Gasteiger partial charge >= 0.3 is 0 Å². The Bertz CT molecular complexity index is 460. The average molecular weight is 292 g/mol. The zero-order chi connectivity index (χ0) is 15.5. The smallest absolute Gasteiger partial charge is 0.126 e. The van der Waals surface area contributed by atoms with Crippen molar-refractivity contribution >= 4 is 0 Å². The summed E-state index contributed by atoms with van der Waals surface area (Å²) in [6, 6.07) is 5.82. The Morgan fingerprint density at radius 3 is 2.52 bits per heavy atom. The molecule has 1 unspecified atom stereocenters. The van der Waals surface area contributed by atoms with Crippen molar-refractivity contribution in [3.63, 3.8) is 0 Å². The Balaban J connectivity index is 1.89. The van der Waals surface area contributed by atoms with Crippen LogP contribution in [0, 0.1) is 18.2 Å². The summed E-state index contributed by atoms with van der Waals surface area (Å²) in [5, 5.41) is 3.33. The van der Waals surface area contributed by atoms with Crippen LogP contribution in [-0.4, -0.2) is 31.6 Å². The number of nitrogens with one attached hydrogen (secondary N) is 1. The quantitative estimate of drug-likeness (QED) is 0.885. The summed E-state index contributed by atoms with van der Waals surface area (Å²) in [6.45, 7) is 9.98. The van der Waals surface area contributed by atoms with E-state index < -0.39 is 0 Å². The molecule has 0 aliphatic carbocycles. The standard InChI is InChI=1S/C18H29FN2/c1-14-5-6-15(13-16(14)19)17(20-4)7-10-21-11-8-18(2,3)9-12-21/h5-6,13,17,20H,7-12H2,1-4H3. The van der Waals surface area contributed by atoms with Crippen molar-refractivity contribution in [2.24, 2.45) is 5.41 Å². The molecule has 1 heterocycles. The van der Waals surface area contributed by atoms with Crippen LogP contribution in [0.1, 0.15) is 50.3 Å². The van der Waals surface area contributed by atoms with Crippen molar-refractivity contribution in [3.8, 4) is 0 Å². The van der Waals surface area contributed by atoms with Crippen LogP contribution >= 0.6 is 0 Å². The second-order valence-electron chi connectivity index (χ2n) is 7.14. The van der Waals surface area contributed by atoms with Gasteiger partial charge in [-0.05, 0) is 75.5 Å². The Hall–Kier alpha value is -0.930. The molecule has 0 amide bonds. The van der Waals surface area contributed by atoms with E-state index in [1.54, 1.807) is 6.07 Å². The molecule has 0 spiro atoms. The number of benzene rings is 1. The third-order valence-electron chi connectivity index (χ3n) is 4.89. The van der Waals surface area contributed by atoms with Crippen molar-refractivity contribution in [1.29, 1.82) is 0 Å². The minimum atomic E-state index is -0.104. The largest absolute Gasteiger partial charge is 0.313 e. The average Bonchev–Trinajstić information content (AvgIpc) is 2.45. The molecule has 0 aromatic heterocycles. The van der Waals surface area contributed by atoms with Crippen LogP contribution in [0.2, 0.25) is 0 Å². The number of likely N-dealkylation sites (tertiary alicyclic amines) is 1. The molecule has 21 heavy (non-hydrogen) atoms. The van der Waals surface area contributed by atoms with E-state index in [1.807, 2.05) is 26.1 Å². The molecule has 2 nitrogen and oxygen atoms in total. The van der Waals surface area contributed by atoms with E-state index in [9.17, 15) is 4.39 Å². The Kier molecular flexibility index (Phi) is 5.39. The van der Waals surface area contributed by atoms with Crippen LogP contribution in [0.15, 0.2) is 18.2 Å². The molecular formula is C18H29FN2. The van der Waals surface area contributed by atoms with Gasteiger partial charge in [-0.15, -0.1) is 0 Å². The van der Waals surface area contributed by atoms with Crippen molar-refractivity contribution in [1.82, 2.24) is 10.2 Å². The summed E-state index contributed by atoms with van der Waals surface area (Å²) in [4.78, 5) is 2.54. The van der Waals surface area contributed by atoms with Crippen molar-refractivity contribution in [3.05, 3.63) is 35.1 Å². The summed E-state index contributed by atoms with van der Waals surface area (Å²) in [6.07, 6.45) is 3.58. The maximum absolute atomic E-state index is 13.7. The highest BCUT2D eigenvalue weighted by atomic mass is 19.1. The van der Waals surface area contributed by atoms with E-state index >= 15 is 0 Å². The second-order valence-corrected chi connectivity index (χ2v) is 7.14. The molecule has 0 bridgehead atoms. The Labute approximate surface area is 128 Å². The molecule has 1 N–H and O–H groups in total. The first-order valence-corrected chi connectivity index (χ1v) is 8.07. The van der Waals surface area contributed by atoms with Gasteiger partial charge in [0.15, 0.2) is 0 Å². The lowest BCUT2D eigenvalue weighted by Crippen LogP contribution is -2.38. The minimum Gasteiger partial charge on any atom is -0.313 e. The fraction of sp³-hybridized carbons (Fsp3) is 0.667. The molecular weight excluding hydrogens is 263 g/mol. The van der Waals surface area contributed by atoms with Gasteiger partial charge in [-0.3, -0.25) is 0 Å². The fourth-order valence-corrected chi connectivity index (χ4v) is 3.00. The minimum absolute atomic E-state index is 0.104. The van der Waals surface area contributed by atoms with E-state index in [-0.39, 0.29) is 11.9 Å². The van der Waals surface area contributed by atoms with Gasteiger partial charge in [0.05, 0.1) is 0 Å². The SMILES string of the molecule is CNC(CCN1CCC(C)(C)CC1)c1ccc(C)c(F)c1. The summed E-state index contributed by atoms with van der Waals surface area (Å²) in [7, 11) is 1.96. The van der Waals surface area contributed by atoms with Crippen molar-refractivity contribution in [2.75, 3.05) is 26.7 Å². The maximum atomic E-state index is 13.7. The van der Waals surface area contributed by atoms with E-state index in [2.05, 4.69) is 24.1 Å². The topological polar surface area (TPSA) is 15.3 Å². The lowest BCUT2D eigenvalue weighted by atomic mass is 9.82. The molecule has 1 aromatic carbocycles. The number of aryl methyl sites for hydroxylation is 1. The van der Waals surface area contributed by atoms with Crippen molar-refractivity contribution in [2.45, 2.75) is 46.1 Å². The lowest BCUT2D eigenvalue weighted by Gasteiger charge is -2.37. The molecule has 1 aliphatic heterocycles. The van der Waals surface area contributed by atoms with Crippen LogP contribution in [0.25, 0.3) is 0 Å². The first-order valence-electron chi connectivity index (χ1n) is 8.07. The van der Waals surface area contributed by atoms with Crippen LogP contribution < -0.4 is 5.32 Å². The number of piperidine rings is 1. The Morgan fingerprint density at radius 1 is 1.29 bits per heavy atom. The molecule has 1 aromatic rings. The van der Waals surface area contributed by atoms with Crippen LogP contribution in [-0.2, 0) is 0 Å². The number of nitrogens with zero attached hydrogens (tertiary/aromatic N) is 1. The van der Waals surface area contributed by atoms with Crippen LogP contribution in [0.5, 0.6) is 0 Å². The summed E-state index contributed by atoms with van der Waals surface area (Å²) < 4.78 is 13.7. The zero-order valence-corrected chi connectivity index (χ0v) is 13.9. The normalized spacial score (nSPS) is 20.4. The third-order valence-corrected chi connectivity index (χ3v) is 4.89. The number of halogens is 1. The van der Waals surface area contributed by atoms with Gasteiger partial charge in [-0.1, -0.05) is 26.0 Å². The molecule has 0 saturated carbocycles.